The molecule has 0 radical (unpaired) electrons. The molecular formula is C12H12BrClN2O2. The lowest BCUT2D eigenvalue weighted by atomic mass is 10.2. The SMILES string of the molecule is CCCC(O)c1noc(-c2ccc(Cl)cc2Br)n1. The van der Waals surface area contributed by atoms with Gasteiger partial charge in [0.2, 0.25) is 5.82 Å². The minimum Gasteiger partial charge on any atom is -0.385 e. The highest BCUT2D eigenvalue weighted by molar-refractivity contribution is 9.10. The van der Waals surface area contributed by atoms with Crippen molar-refractivity contribution in [2.45, 2.75) is 25.9 Å². The molecule has 96 valence electrons. The third-order valence-electron chi connectivity index (χ3n) is 2.46. The van der Waals surface area contributed by atoms with E-state index in [2.05, 4.69) is 26.1 Å². The lowest BCUT2D eigenvalue weighted by Gasteiger charge is -2.01. The topological polar surface area (TPSA) is 59.2 Å². The van der Waals surface area contributed by atoms with Crippen molar-refractivity contribution in [1.29, 1.82) is 0 Å². The minimum atomic E-state index is -0.682. The van der Waals surface area contributed by atoms with Crippen LogP contribution in [0.15, 0.2) is 27.2 Å². The van der Waals surface area contributed by atoms with Crippen molar-refractivity contribution in [3.8, 4) is 11.5 Å². The van der Waals surface area contributed by atoms with Crippen LogP contribution in [0.4, 0.5) is 0 Å². The van der Waals surface area contributed by atoms with Gasteiger partial charge in [0.15, 0.2) is 0 Å². The maximum Gasteiger partial charge on any atom is 0.259 e. The number of benzene rings is 1. The smallest absolute Gasteiger partial charge is 0.259 e. The Morgan fingerprint density at radius 3 is 2.94 bits per heavy atom. The van der Waals surface area contributed by atoms with Crippen LogP contribution in [0.1, 0.15) is 31.7 Å². The normalized spacial score (nSPS) is 12.7. The van der Waals surface area contributed by atoms with E-state index in [0.717, 1.165) is 16.5 Å². The second-order valence-electron chi connectivity index (χ2n) is 3.89. The number of aromatic nitrogens is 2. The third-order valence-corrected chi connectivity index (χ3v) is 3.35. The van der Waals surface area contributed by atoms with Gasteiger partial charge in [-0.1, -0.05) is 30.1 Å². The zero-order chi connectivity index (χ0) is 13.1. The van der Waals surface area contributed by atoms with Crippen LogP contribution >= 0.6 is 27.5 Å². The van der Waals surface area contributed by atoms with Crippen molar-refractivity contribution in [3.05, 3.63) is 33.5 Å². The molecular weight excluding hydrogens is 320 g/mol. The summed E-state index contributed by atoms with van der Waals surface area (Å²) in [5, 5.41) is 14.2. The molecule has 1 unspecified atom stereocenters. The molecule has 1 aromatic heterocycles. The van der Waals surface area contributed by atoms with E-state index in [9.17, 15) is 5.11 Å². The van der Waals surface area contributed by atoms with Gasteiger partial charge in [-0.25, -0.2) is 0 Å². The van der Waals surface area contributed by atoms with Crippen LogP contribution in [0.25, 0.3) is 11.5 Å². The van der Waals surface area contributed by atoms with Crippen LogP contribution in [0.2, 0.25) is 5.02 Å². The summed E-state index contributed by atoms with van der Waals surface area (Å²) in [6.07, 6.45) is 0.787. The molecule has 0 fully saturated rings. The maximum atomic E-state index is 9.78. The molecule has 0 bridgehead atoms. The van der Waals surface area contributed by atoms with Gasteiger partial charge in [-0.3, -0.25) is 0 Å². The number of hydrogen-bond acceptors (Lipinski definition) is 4. The number of rotatable bonds is 4. The Kier molecular flexibility index (Phi) is 4.37. The highest BCUT2D eigenvalue weighted by Gasteiger charge is 2.17. The molecule has 2 rings (SSSR count). The molecule has 6 heteroatoms. The number of aliphatic hydroxyl groups excluding tert-OH is 1. The summed E-state index contributed by atoms with van der Waals surface area (Å²) in [4.78, 5) is 4.19. The predicted octanol–water partition coefficient (Wildman–Crippen LogP) is 3.99. The van der Waals surface area contributed by atoms with Gasteiger partial charge >= 0.3 is 0 Å². The number of aliphatic hydroxyl groups is 1. The highest BCUT2D eigenvalue weighted by atomic mass is 79.9. The zero-order valence-electron chi connectivity index (χ0n) is 9.73. The van der Waals surface area contributed by atoms with Crippen molar-refractivity contribution in [3.63, 3.8) is 0 Å². The van der Waals surface area contributed by atoms with E-state index in [1.54, 1.807) is 18.2 Å². The molecule has 4 nitrogen and oxygen atoms in total. The maximum absolute atomic E-state index is 9.78. The van der Waals surface area contributed by atoms with Crippen molar-refractivity contribution >= 4 is 27.5 Å². The van der Waals surface area contributed by atoms with Gasteiger partial charge in [-0.15, -0.1) is 0 Å². The van der Waals surface area contributed by atoms with Crippen LogP contribution in [0, 0.1) is 0 Å². The average molecular weight is 332 g/mol. The monoisotopic (exact) mass is 330 g/mol. The number of halogens is 2. The Morgan fingerprint density at radius 1 is 1.50 bits per heavy atom. The van der Waals surface area contributed by atoms with Gasteiger partial charge in [-0.05, 0) is 40.5 Å². The van der Waals surface area contributed by atoms with E-state index in [1.807, 2.05) is 6.92 Å². The molecule has 0 amide bonds. The van der Waals surface area contributed by atoms with E-state index in [0.29, 0.717) is 23.2 Å². The second-order valence-corrected chi connectivity index (χ2v) is 5.18. The molecule has 0 aliphatic carbocycles. The van der Waals surface area contributed by atoms with Gasteiger partial charge in [-0.2, -0.15) is 4.98 Å². The molecule has 1 aromatic carbocycles. The first-order valence-electron chi connectivity index (χ1n) is 5.59. The first kappa shape index (κ1) is 13.5. The van der Waals surface area contributed by atoms with Crippen LogP contribution in [-0.2, 0) is 0 Å². The number of nitrogens with zero attached hydrogens (tertiary/aromatic N) is 2. The van der Waals surface area contributed by atoms with Crippen LogP contribution in [0.5, 0.6) is 0 Å². The second kappa shape index (κ2) is 5.82. The number of hydrogen-bond donors (Lipinski definition) is 1. The lowest BCUT2D eigenvalue weighted by Crippen LogP contribution is -1.98. The van der Waals surface area contributed by atoms with E-state index >= 15 is 0 Å². The fourth-order valence-electron chi connectivity index (χ4n) is 1.55. The largest absolute Gasteiger partial charge is 0.385 e. The minimum absolute atomic E-state index is 0.314. The van der Waals surface area contributed by atoms with Crippen molar-refractivity contribution in [1.82, 2.24) is 10.1 Å². The van der Waals surface area contributed by atoms with Crippen molar-refractivity contribution in [2.75, 3.05) is 0 Å². The molecule has 0 aliphatic rings. The fourth-order valence-corrected chi connectivity index (χ4v) is 2.40. The predicted molar refractivity (Wildman–Crippen MR) is 72.3 cm³/mol. The first-order chi connectivity index (χ1) is 8.61. The van der Waals surface area contributed by atoms with Crippen molar-refractivity contribution in [2.24, 2.45) is 0 Å². The molecule has 1 heterocycles. The van der Waals surface area contributed by atoms with E-state index in [1.165, 1.54) is 0 Å². The van der Waals surface area contributed by atoms with Crippen molar-refractivity contribution < 1.29 is 9.63 Å². The first-order valence-corrected chi connectivity index (χ1v) is 6.76. The third kappa shape index (κ3) is 2.91. The summed E-state index contributed by atoms with van der Waals surface area (Å²) < 4.78 is 5.92. The summed E-state index contributed by atoms with van der Waals surface area (Å²) in [5.41, 5.74) is 0.752. The van der Waals surface area contributed by atoms with Gasteiger partial charge in [0.1, 0.15) is 6.10 Å². The Morgan fingerprint density at radius 2 is 2.28 bits per heavy atom. The molecule has 0 saturated carbocycles. The van der Waals surface area contributed by atoms with Gasteiger partial charge in [0.25, 0.3) is 5.89 Å². The zero-order valence-corrected chi connectivity index (χ0v) is 12.1. The molecule has 0 saturated heterocycles. The standard InChI is InChI=1S/C12H12BrClN2O2/c1-2-3-10(17)11-15-12(18-16-11)8-5-4-7(14)6-9(8)13/h4-6,10,17H,2-3H2,1H3. The Balaban J connectivity index is 2.29. The lowest BCUT2D eigenvalue weighted by molar-refractivity contribution is 0.153. The quantitative estimate of drug-likeness (QED) is 0.920. The summed E-state index contributed by atoms with van der Waals surface area (Å²) in [5.74, 6) is 0.678. The van der Waals surface area contributed by atoms with Crippen LogP contribution in [-0.4, -0.2) is 15.2 Å². The Hall–Kier alpha value is -0.910. The van der Waals surface area contributed by atoms with Crippen LogP contribution in [0.3, 0.4) is 0 Å². The average Bonchev–Trinajstić information content (AvgIpc) is 2.78. The summed E-state index contributed by atoms with van der Waals surface area (Å²) in [6.45, 7) is 1.99. The Bertz CT molecular complexity index is 545. The summed E-state index contributed by atoms with van der Waals surface area (Å²) >= 11 is 9.25. The van der Waals surface area contributed by atoms with E-state index < -0.39 is 6.10 Å². The molecule has 1 N–H and O–H groups in total. The molecule has 18 heavy (non-hydrogen) atoms. The van der Waals surface area contributed by atoms with Gasteiger partial charge < -0.3 is 9.63 Å². The highest BCUT2D eigenvalue weighted by Crippen LogP contribution is 2.30. The van der Waals surface area contributed by atoms with E-state index in [4.69, 9.17) is 16.1 Å². The van der Waals surface area contributed by atoms with Crippen LogP contribution < -0.4 is 0 Å². The van der Waals surface area contributed by atoms with E-state index in [-0.39, 0.29) is 0 Å². The fraction of sp³-hybridized carbons (Fsp3) is 0.333. The molecule has 0 aliphatic heterocycles. The molecule has 0 spiro atoms. The van der Waals surface area contributed by atoms with Gasteiger partial charge in [0, 0.05) is 9.50 Å². The summed E-state index contributed by atoms with van der Waals surface area (Å²) in [6, 6.07) is 5.28. The Labute approximate surface area is 118 Å². The van der Waals surface area contributed by atoms with Gasteiger partial charge in [0.05, 0.1) is 5.56 Å². The summed E-state index contributed by atoms with van der Waals surface area (Å²) in [7, 11) is 0. The molecule has 2 aromatic rings. The molecule has 1 atom stereocenters.